The topological polar surface area (TPSA) is 160 Å². The van der Waals surface area contributed by atoms with Crippen molar-refractivity contribution in [1.82, 2.24) is 10.2 Å². The average Bonchev–Trinajstić information content (AvgIpc) is 3.19. The van der Waals surface area contributed by atoms with Crippen LogP contribution in [0.25, 0.3) is 0 Å². The van der Waals surface area contributed by atoms with Gasteiger partial charge < -0.3 is 26.6 Å². The number of carbonyl (C=O) groups excluding carboxylic acids is 2. The number of aliphatic carboxylic acids is 1. The number of rotatable bonds is 9. The maximum Gasteiger partial charge on any atom is 0.410 e. The third-order valence-electron chi connectivity index (χ3n) is 4.55. The molecular weight excluding hydrogens is 378 g/mol. The van der Waals surface area contributed by atoms with Crippen LogP contribution in [0.1, 0.15) is 31.2 Å². The van der Waals surface area contributed by atoms with Gasteiger partial charge in [-0.1, -0.05) is 30.3 Å². The summed E-state index contributed by atoms with van der Waals surface area (Å²) in [6.07, 6.45) is 1.06. The SMILES string of the molecule is NC(N)=NCCC[C@@H](NC(=O)[C@H]1CCCN1C(=O)OCc1ccccc1)C(=O)O. The zero-order chi connectivity index (χ0) is 21.2. The van der Waals surface area contributed by atoms with E-state index in [2.05, 4.69) is 10.3 Å². The molecule has 0 spiro atoms. The van der Waals surface area contributed by atoms with Crippen molar-refractivity contribution in [3.8, 4) is 0 Å². The summed E-state index contributed by atoms with van der Waals surface area (Å²) in [5, 5.41) is 11.9. The van der Waals surface area contributed by atoms with Gasteiger partial charge in [-0.05, 0) is 31.2 Å². The van der Waals surface area contributed by atoms with Crippen LogP contribution in [0, 0.1) is 0 Å². The lowest BCUT2D eigenvalue weighted by Gasteiger charge is -2.25. The Hall–Kier alpha value is -3.30. The lowest BCUT2D eigenvalue weighted by atomic mass is 10.1. The van der Waals surface area contributed by atoms with E-state index in [-0.39, 0.29) is 25.5 Å². The number of benzene rings is 1. The number of nitrogens with one attached hydrogen (secondary N) is 1. The van der Waals surface area contributed by atoms with Crippen LogP contribution < -0.4 is 16.8 Å². The van der Waals surface area contributed by atoms with Crippen molar-refractivity contribution in [3.05, 3.63) is 35.9 Å². The van der Waals surface area contributed by atoms with E-state index >= 15 is 0 Å². The Bertz CT molecular complexity index is 736. The quantitative estimate of drug-likeness (QED) is 0.263. The lowest BCUT2D eigenvalue weighted by Crippen LogP contribution is -2.51. The minimum absolute atomic E-state index is 0.0727. The maximum absolute atomic E-state index is 12.6. The Morgan fingerprint density at radius 1 is 1.28 bits per heavy atom. The number of nitrogens with zero attached hydrogens (tertiary/aromatic N) is 2. The van der Waals surface area contributed by atoms with Crippen LogP contribution in [0.15, 0.2) is 35.3 Å². The normalized spacial score (nSPS) is 16.7. The van der Waals surface area contributed by atoms with Crippen molar-refractivity contribution in [1.29, 1.82) is 0 Å². The number of likely N-dealkylation sites (tertiary alicyclic amines) is 1. The Kier molecular flexibility index (Phi) is 8.26. The molecular formula is C19H27N5O5. The second-order valence-electron chi connectivity index (χ2n) is 6.74. The highest BCUT2D eigenvalue weighted by Crippen LogP contribution is 2.19. The molecule has 0 aliphatic carbocycles. The summed E-state index contributed by atoms with van der Waals surface area (Å²) in [5.41, 5.74) is 11.3. The van der Waals surface area contributed by atoms with Crippen LogP contribution in [0.5, 0.6) is 0 Å². The number of hydrogen-bond donors (Lipinski definition) is 4. The summed E-state index contributed by atoms with van der Waals surface area (Å²) in [7, 11) is 0. The first kappa shape index (κ1) is 22.0. The number of carbonyl (C=O) groups is 3. The predicted octanol–water partition coefficient (Wildman–Crippen LogP) is 0.411. The molecule has 1 aromatic rings. The molecule has 0 saturated carbocycles. The summed E-state index contributed by atoms with van der Waals surface area (Å²) in [5.74, 6) is -1.73. The number of guanidine groups is 1. The fourth-order valence-corrected chi connectivity index (χ4v) is 3.09. The number of nitrogens with two attached hydrogens (primary N) is 2. The van der Waals surface area contributed by atoms with Crippen molar-refractivity contribution >= 4 is 23.9 Å². The van der Waals surface area contributed by atoms with Crippen molar-refractivity contribution in [2.75, 3.05) is 13.1 Å². The zero-order valence-electron chi connectivity index (χ0n) is 16.1. The molecule has 1 saturated heterocycles. The monoisotopic (exact) mass is 405 g/mol. The maximum atomic E-state index is 12.6. The van der Waals surface area contributed by atoms with E-state index < -0.39 is 30.1 Å². The van der Waals surface area contributed by atoms with Gasteiger partial charge in [-0.15, -0.1) is 0 Å². The first-order valence-corrected chi connectivity index (χ1v) is 9.44. The molecule has 10 heteroatoms. The molecule has 1 fully saturated rings. The second-order valence-corrected chi connectivity index (χ2v) is 6.74. The molecule has 0 unspecified atom stereocenters. The van der Waals surface area contributed by atoms with E-state index in [4.69, 9.17) is 16.2 Å². The third kappa shape index (κ3) is 6.98. The number of amides is 2. The molecule has 1 aromatic carbocycles. The third-order valence-corrected chi connectivity index (χ3v) is 4.55. The van der Waals surface area contributed by atoms with Crippen LogP contribution in [-0.4, -0.2) is 59.1 Å². The number of carboxylic acids is 1. The Balaban J connectivity index is 1.89. The van der Waals surface area contributed by atoms with Gasteiger partial charge in [-0.2, -0.15) is 0 Å². The van der Waals surface area contributed by atoms with Gasteiger partial charge in [0.05, 0.1) is 0 Å². The molecule has 10 nitrogen and oxygen atoms in total. The zero-order valence-corrected chi connectivity index (χ0v) is 16.1. The molecule has 6 N–H and O–H groups in total. The van der Waals surface area contributed by atoms with Crippen molar-refractivity contribution in [2.45, 2.75) is 44.4 Å². The highest BCUT2D eigenvalue weighted by molar-refractivity contribution is 5.89. The highest BCUT2D eigenvalue weighted by atomic mass is 16.6. The summed E-state index contributed by atoms with van der Waals surface area (Å²) in [6, 6.07) is 7.38. The van der Waals surface area contributed by atoms with Crippen molar-refractivity contribution < 1.29 is 24.2 Å². The van der Waals surface area contributed by atoms with E-state index in [9.17, 15) is 19.5 Å². The smallest absolute Gasteiger partial charge is 0.410 e. The number of hydrogen-bond acceptors (Lipinski definition) is 5. The minimum Gasteiger partial charge on any atom is -0.480 e. The van der Waals surface area contributed by atoms with Gasteiger partial charge in [-0.25, -0.2) is 9.59 Å². The number of aliphatic imine (C=N–C) groups is 1. The molecule has 2 rings (SSSR count). The average molecular weight is 405 g/mol. The molecule has 0 aromatic heterocycles. The van der Waals surface area contributed by atoms with E-state index in [0.29, 0.717) is 25.8 Å². The standard InChI is InChI=1S/C19H27N5O5/c20-18(21)22-10-4-8-14(17(26)27)23-16(25)15-9-5-11-24(15)19(28)29-12-13-6-2-1-3-7-13/h1-3,6-7,14-15H,4-5,8-12H2,(H,23,25)(H,26,27)(H4,20,21,22)/t14-,15-/m1/s1. The largest absolute Gasteiger partial charge is 0.480 e. The minimum atomic E-state index is -1.15. The molecule has 0 radical (unpaired) electrons. The van der Waals surface area contributed by atoms with Gasteiger partial charge in [0.2, 0.25) is 5.91 Å². The molecule has 1 heterocycles. The fourth-order valence-electron chi connectivity index (χ4n) is 3.09. The van der Waals surface area contributed by atoms with Gasteiger partial charge in [0.1, 0.15) is 18.7 Å². The number of carboxylic acid groups (broad SMARTS) is 1. The van der Waals surface area contributed by atoms with Crippen molar-refractivity contribution in [2.24, 2.45) is 16.5 Å². The highest BCUT2D eigenvalue weighted by Gasteiger charge is 2.36. The van der Waals surface area contributed by atoms with Crippen LogP contribution in [-0.2, 0) is 20.9 Å². The van der Waals surface area contributed by atoms with Gasteiger partial charge in [0.15, 0.2) is 5.96 Å². The summed E-state index contributed by atoms with van der Waals surface area (Å²) in [4.78, 5) is 41.6. The molecule has 1 aliphatic rings. The van der Waals surface area contributed by atoms with Crippen LogP contribution in [0.4, 0.5) is 4.79 Å². The predicted molar refractivity (Wildman–Crippen MR) is 106 cm³/mol. The Morgan fingerprint density at radius 3 is 2.66 bits per heavy atom. The Labute approximate surface area is 168 Å². The molecule has 1 aliphatic heterocycles. The van der Waals surface area contributed by atoms with Gasteiger partial charge in [-0.3, -0.25) is 14.7 Å². The van der Waals surface area contributed by atoms with Gasteiger partial charge in [0, 0.05) is 13.1 Å². The van der Waals surface area contributed by atoms with Gasteiger partial charge >= 0.3 is 12.1 Å². The molecule has 2 atom stereocenters. The number of ether oxygens (including phenoxy) is 1. The first-order chi connectivity index (χ1) is 13.9. The molecule has 29 heavy (non-hydrogen) atoms. The van der Waals surface area contributed by atoms with Gasteiger partial charge in [0.25, 0.3) is 0 Å². The van der Waals surface area contributed by atoms with E-state index in [1.807, 2.05) is 30.3 Å². The second kappa shape index (κ2) is 10.9. The molecule has 2 amide bonds. The first-order valence-electron chi connectivity index (χ1n) is 9.44. The van der Waals surface area contributed by atoms with E-state index in [1.165, 1.54) is 4.90 Å². The fraction of sp³-hybridized carbons (Fsp3) is 0.474. The lowest BCUT2D eigenvalue weighted by molar-refractivity contribution is -0.142. The van der Waals surface area contributed by atoms with E-state index in [0.717, 1.165) is 5.56 Å². The van der Waals surface area contributed by atoms with Crippen LogP contribution in [0.3, 0.4) is 0 Å². The molecule has 158 valence electrons. The molecule has 0 bridgehead atoms. The summed E-state index contributed by atoms with van der Waals surface area (Å²) in [6.45, 7) is 0.754. The summed E-state index contributed by atoms with van der Waals surface area (Å²) < 4.78 is 5.30. The van der Waals surface area contributed by atoms with Crippen LogP contribution >= 0.6 is 0 Å². The van der Waals surface area contributed by atoms with Crippen molar-refractivity contribution in [3.63, 3.8) is 0 Å². The van der Waals surface area contributed by atoms with E-state index in [1.54, 1.807) is 0 Å². The summed E-state index contributed by atoms with van der Waals surface area (Å²) >= 11 is 0. The Morgan fingerprint density at radius 2 is 2.00 bits per heavy atom. The van der Waals surface area contributed by atoms with Crippen LogP contribution in [0.2, 0.25) is 0 Å².